The van der Waals surface area contributed by atoms with E-state index in [0.29, 0.717) is 33.8 Å². The zero-order valence-corrected chi connectivity index (χ0v) is 14.8. The number of hydrogen-bond acceptors (Lipinski definition) is 6. The SMILES string of the molecule is CC1CCCN(c2ncnc(NNC(=O)c3ccccc3Cl)c2N)C1. The number of nitrogens with one attached hydrogen (secondary N) is 2. The van der Waals surface area contributed by atoms with Crippen molar-refractivity contribution in [3.05, 3.63) is 41.2 Å². The Morgan fingerprint density at radius 2 is 2.16 bits per heavy atom. The molecule has 1 saturated heterocycles. The summed E-state index contributed by atoms with van der Waals surface area (Å²) in [5, 5.41) is 0.375. The lowest BCUT2D eigenvalue weighted by molar-refractivity contribution is 0.0962. The third-order valence-electron chi connectivity index (χ3n) is 4.23. The Morgan fingerprint density at radius 3 is 2.92 bits per heavy atom. The zero-order valence-electron chi connectivity index (χ0n) is 14.0. The fraction of sp³-hybridized carbons (Fsp3) is 0.353. The zero-order chi connectivity index (χ0) is 17.8. The Morgan fingerprint density at radius 1 is 1.36 bits per heavy atom. The molecule has 1 amide bonds. The molecule has 0 radical (unpaired) electrons. The van der Waals surface area contributed by atoms with Crippen molar-refractivity contribution in [2.45, 2.75) is 19.8 Å². The van der Waals surface area contributed by atoms with E-state index in [4.69, 9.17) is 17.3 Å². The van der Waals surface area contributed by atoms with Crippen molar-refractivity contribution in [3.63, 3.8) is 0 Å². The first kappa shape index (κ1) is 17.3. The summed E-state index contributed by atoms with van der Waals surface area (Å²) in [5.41, 5.74) is 12.3. The highest BCUT2D eigenvalue weighted by Gasteiger charge is 2.21. The lowest BCUT2D eigenvalue weighted by Crippen LogP contribution is -2.36. The fourth-order valence-corrected chi connectivity index (χ4v) is 3.17. The number of rotatable bonds is 4. The molecule has 7 nitrogen and oxygen atoms in total. The van der Waals surface area contributed by atoms with Gasteiger partial charge in [0.25, 0.3) is 5.91 Å². The fourth-order valence-electron chi connectivity index (χ4n) is 2.95. The molecular formula is C17H21ClN6O. The summed E-state index contributed by atoms with van der Waals surface area (Å²) in [4.78, 5) is 22.8. The summed E-state index contributed by atoms with van der Waals surface area (Å²) in [6, 6.07) is 6.81. The molecule has 1 fully saturated rings. The molecule has 0 spiro atoms. The first-order chi connectivity index (χ1) is 12.1. The average molecular weight is 361 g/mol. The molecule has 1 unspecified atom stereocenters. The topological polar surface area (TPSA) is 96.2 Å². The van der Waals surface area contributed by atoms with Crippen LogP contribution in [0.15, 0.2) is 30.6 Å². The number of carbonyl (C=O) groups excluding carboxylic acids is 1. The van der Waals surface area contributed by atoms with Crippen molar-refractivity contribution in [2.75, 3.05) is 29.1 Å². The lowest BCUT2D eigenvalue weighted by Gasteiger charge is -2.32. The summed E-state index contributed by atoms with van der Waals surface area (Å²) in [5.74, 6) is 1.29. The molecule has 0 bridgehead atoms. The predicted octanol–water partition coefficient (Wildman–Crippen LogP) is 2.71. The Balaban J connectivity index is 1.72. The molecule has 2 aromatic rings. The van der Waals surface area contributed by atoms with Crippen LogP contribution in [0.1, 0.15) is 30.1 Å². The van der Waals surface area contributed by atoms with Crippen molar-refractivity contribution < 1.29 is 4.79 Å². The minimum atomic E-state index is -0.364. The van der Waals surface area contributed by atoms with Gasteiger partial charge in [0.15, 0.2) is 11.6 Å². The summed E-state index contributed by atoms with van der Waals surface area (Å²) in [6.07, 6.45) is 3.76. The predicted molar refractivity (Wildman–Crippen MR) is 99.6 cm³/mol. The molecule has 1 aromatic heterocycles. The molecule has 0 aliphatic carbocycles. The van der Waals surface area contributed by atoms with Crippen molar-refractivity contribution in [3.8, 4) is 0 Å². The van der Waals surface area contributed by atoms with Crippen molar-refractivity contribution >= 4 is 34.8 Å². The van der Waals surface area contributed by atoms with Crippen LogP contribution in [0.25, 0.3) is 0 Å². The molecule has 0 saturated carbocycles. The van der Waals surface area contributed by atoms with Gasteiger partial charge in [-0.25, -0.2) is 9.97 Å². The van der Waals surface area contributed by atoms with Gasteiger partial charge in [0.1, 0.15) is 12.0 Å². The van der Waals surface area contributed by atoms with E-state index in [1.54, 1.807) is 24.3 Å². The number of nitrogen functional groups attached to an aromatic ring is 1. The number of carbonyl (C=O) groups is 1. The number of anilines is 3. The maximum Gasteiger partial charge on any atom is 0.271 e. The molecule has 25 heavy (non-hydrogen) atoms. The van der Waals surface area contributed by atoms with E-state index in [1.807, 2.05) is 0 Å². The molecule has 2 heterocycles. The number of aromatic nitrogens is 2. The largest absolute Gasteiger partial charge is 0.393 e. The number of hydrogen-bond donors (Lipinski definition) is 3. The Kier molecular flexibility index (Phi) is 5.23. The highest BCUT2D eigenvalue weighted by atomic mass is 35.5. The molecule has 1 atom stereocenters. The van der Waals surface area contributed by atoms with E-state index < -0.39 is 0 Å². The maximum absolute atomic E-state index is 12.2. The second-order valence-electron chi connectivity index (χ2n) is 6.21. The van der Waals surface area contributed by atoms with Crippen LogP contribution in [0.4, 0.5) is 17.3 Å². The molecular weight excluding hydrogens is 340 g/mol. The Hall–Kier alpha value is -2.54. The summed E-state index contributed by atoms with van der Waals surface area (Å²) < 4.78 is 0. The van der Waals surface area contributed by atoms with Crippen LogP contribution in [0.2, 0.25) is 5.02 Å². The van der Waals surface area contributed by atoms with Crippen LogP contribution in [0.5, 0.6) is 0 Å². The van der Waals surface area contributed by atoms with Gasteiger partial charge in [-0.1, -0.05) is 30.7 Å². The number of halogens is 1. The van der Waals surface area contributed by atoms with Crippen molar-refractivity contribution in [1.82, 2.24) is 15.4 Å². The molecule has 4 N–H and O–H groups in total. The summed E-state index contributed by atoms with van der Waals surface area (Å²) in [7, 11) is 0. The second-order valence-corrected chi connectivity index (χ2v) is 6.62. The van der Waals surface area contributed by atoms with E-state index >= 15 is 0 Å². The third-order valence-corrected chi connectivity index (χ3v) is 4.56. The van der Waals surface area contributed by atoms with E-state index in [1.165, 1.54) is 12.7 Å². The van der Waals surface area contributed by atoms with E-state index in [-0.39, 0.29) is 5.91 Å². The monoisotopic (exact) mass is 360 g/mol. The summed E-state index contributed by atoms with van der Waals surface area (Å²) >= 11 is 6.03. The van der Waals surface area contributed by atoms with Crippen LogP contribution >= 0.6 is 11.6 Å². The van der Waals surface area contributed by atoms with Crippen LogP contribution in [-0.2, 0) is 0 Å². The minimum absolute atomic E-state index is 0.364. The number of nitrogens with two attached hydrogens (primary N) is 1. The molecule has 8 heteroatoms. The maximum atomic E-state index is 12.2. The van der Waals surface area contributed by atoms with Gasteiger partial charge >= 0.3 is 0 Å². The normalized spacial score (nSPS) is 17.2. The number of hydrazine groups is 1. The molecule has 1 aromatic carbocycles. The van der Waals surface area contributed by atoms with Gasteiger partial charge in [-0.2, -0.15) is 0 Å². The van der Waals surface area contributed by atoms with E-state index in [0.717, 1.165) is 19.5 Å². The Bertz CT molecular complexity index is 769. The van der Waals surface area contributed by atoms with Crippen molar-refractivity contribution in [1.29, 1.82) is 0 Å². The smallest absolute Gasteiger partial charge is 0.271 e. The minimum Gasteiger partial charge on any atom is -0.393 e. The number of piperidine rings is 1. The van der Waals surface area contributed by atoms with Gasteiger partial charge in [0, 0.05) is 13.1 Å². The highest BCUT2D eigenvalue weighted by molar-refractivity contribution is 6.33. The van der Waals surface area contributed by atoms with Crippen molar-refractivity contribution in [2.24, 2.45) is 5.92 Å². The van der Waals surface area contributed by atoms with Crippen LogP contribution in [0.3, 0.4) is 0 Å². The highest BCUT2D eigenvalue weighted by Crippen LogP contribution is 2.29. The quantitative estimate of drug-likeness (QED) is 0.725. The lowest BCUT2D eigenvalue weighted by atomic mass is 10.0. The standard InChI is InChI=1S/C17H21ClN6O/c1-11-5-4-8-24(9-11)16-14(19)15(20-10-21-16)22-23-17(25)12-6-2-3-7-13(12)18/h2-3,6-7,10-11H,4-5,8-9,19H2,1H3,(H,23,25)(H,20,21,22). The van der Waals surface area contributed by atoms with Crippen LogP contribution < -0.4 is 21.5 Å². The molecule has 1 aliphatic heterocycles. The third kappa shape index (κ3) is 3.93. The van der Waals surface area contributed by atoms with Gasteiger partial charge in [0.2, 0.25) is 0 Å². The van der Waals surface area contributed by atoms with Gasteiger partial charge < -0.3 is 10.6 Å². The molecule has 1 aliphatic rings. The molecule has 132 valence electrons. The first-order valence-corrected chi connectivity index (χ1v) is 8.60. The van der Waals surface area contributed by atoms with E-state index in [2.05, 4.69) is 32.6 Å². The number of amides is 1. The van der Waals surface area contributed by atoms with Crippen LogP contribution in [0, 0.1) is 5.92 Å². The molecule has 3 rings (SSSR count). The number of nitrogens with zero attached hydrogens (tertiary/aromatic N) is 3. The second kappa shape index (κ2) is 7.57. The van der Waals surface area contributed by atoms with Gasteiger partial charge in [0.05, 0.1) is 10.6 Å². The Labute approximate surface area is 151 Å². The average Bonchev–Trinajstić information content (AvgIpc) is 2.61. The summed E-state index contributed by atoms with van der Waals surface area (Å²) in [6.45, 7) is 4.04. The van der Waals surface area contributed by atoms with Gasteiger partial charge in [-0.3, -0.25) is 15.6 Å². The van der Waals surface area contributed by atoms with Gasteiger partial charge in [-0.15, -0.1) is 0 Å². The van der Waals surface area contributed by atoms with Crippen LogP contribution in [-0.4, -0.2) is 29.0 Å². The first-order valence-electron chi connectivity index (χ1n) is 8.22. The van der Waals surface area contributed by atoms with Gasteiger partial charge in [-0.05, 0) is 30.9 Å². The number of benzene rings is 1. The van der Waals surface area contributed by atoms with E-state index in [9.17, 15) is 4.79 Å².